The summed E-state index contributed by atoms with van der Waals surface area (Å²) in [6.45, 7) is 4.56. The molecule has 0 amide bonds. The largest absolute Gasteiger partial charge is 0.382 e. The predicted octanol–water partition coefficient (Wildman–Crippen LogP) is 3.06. The average Bonchev–Trinajstić information content (AvgIpc) is 2.34. The lowest BCUT2D eigenvalue weighted by atomic mass is 9.96. The number of thiophene rings is 1. The summed E-state index contributed by atoms with van der Waals surface area (Å²) in [6.07, 6.45) is 1.27. The SMILES string of the molecule is CC1CC(C)c2sccc2N1. The Labute approximate surface area is 71.4 Å². The molecule has 60 valence electrons. The summed E-state index contributed by atoms with van der Waals surface area (Å²) in [4.78, 5) is 1.53. The molecule has 2 unspecified atom stereocenters. The summed E-state index contributed by atoms with van der Waals surface area (Å²) in [7, 11) is 0. The zero-order valence-electron chi connectivity index (χ0n) is 6.92. The maximum absolute atomic E-state index is 3.48. The van der Waals surface area contributed by atoms with Crippen LogP contribution < -0.4 is 5.32 Å². The highest BCUT2D eigenvalue weighted by atomic mass is 32.1. The number of hydrogen-bond donors (Lipinski definition) is 1. The van der Waals surface area contributed by atoms with E-state index in [1.54, 1.807) is 0 Å². The smallest absolute Gasteiger partial charge is 0.0486 e. The third-order valence-electron chi connectivity index (χ3n) is 2.25. The fourth-order valence-electron chi connectivity index (χ4n) is 1.78. The number of anilines is 1. The van der Waals surface area contributed by atoms with Crippen LogP contribution in [0.4, 0.5) is 5.69 Å². The van der Waals surface area contributed by atoms with Gasteiger partial charge in [-0.1, -0.05) is 6.92 Å². The molecule has 2 heterocycles. The van der Waals surface area contributed by atoms with Crippen LogP contribution in [0.1, 0.15) is 31.1 Å². The van der Waals surface area contributed by atoms with E-state index in [0.717, 1.165) is 5.92 Å². The van der Waals surface area contributed by atoms with Crippen LogP contribution >= 0.6 is 11.3 Å². The van der Waals surface area contributed by atoms with E-state index in [9.17, 15) is 0 Å². The van der Waals surface area contributed by atoms with Gasteiger partial charge in [0.2, 0.25) is 0 Å². The van der Waals surface area contributed by atoms with Gasteiger partial charge in [0.1, 0.15) is 0 Å². The Balaban J connectivity index is 2.36. The van der Waals surface area contributed by atoms with Crippen molar-refractivity contribution in [3.05, 3.63) is 16.3 Å². The molecule has 0 spiro atoms. The summed E-state index contributed by atoms with van der Waals surface area (Å²) in [5, 5.41) is 5.65. The molecule has 1 aromatic rings. The van der Waals surface area contributed by atoms with Crippen molar-refractivity contribution in [2.24, 2.45) is 0 Å². The molecule has 0 radical (unpaired) electrons. The highest BCUT2D eigenvalue weighted by molar-refractivity contribution is 7.10. The molecule has 0 aliphatic carbocycles. The highest BCUT2D eigenvalue weighted by Crippen LogP contribution is 2.37. The van der Waals surface area contributed by atoms with Crippen LogP contribution in [0.15, 0.2) is 11.4 Å². The molecule has 1 aliphatic heterocycles. The molecule has 1 N–H and O–H groups in total. The lowest BCUT2D eigenvalue weighted by Crippen LogP contribution is -2.22. The van der Waals surface area contributed by atoms with E-state index < -0.39 is 0 Å². The maximum Gasteiger partial charge on any atom is 0.0486 e. The first-order valence-corrected chi connectivity index (χ1v) is 4.99. The number of nitrogens with one attached hydrogen (secondary N) is 1. The van der Waals surface area contributed by atoms with Gasteiger partial charge in [0.25, 0.3) is 0 Å². The molecule has 11 heavy (non-hydrogen) atoms. The summed E-state index contributed by atoms with van der Waals surface area (Å²) in [6, 6.07) is 2.83. The monoisotopic (exact) mass is 167 g/mol. The zero-order valence-corrected chi connectivity index (χ0v) is 7.74. The van der Waals surface area contributed by atoms with E-state index in [2.05, 4.69) is 30.6 Å². The fraction of sp³-hybridized carbons (Fsp3) is 0.556. The second kappa shape index (κ2) is 2.52. The van der Waals surface area contributed by atoms with Crippen molar-refractivity contribution in [2.45, 2.75) is 32.2 Å². The van der Waals surface area contributed by atoms with Gasteiger partial charge < -0.3 is 5.32 Å². The van der Waals surface area contributed by atoms with Crippen LogP contribution in [0.3, 0.4) is 0 Å². The zero-order chi connectivity index (χ0) is 7.84. The van der Waals surface area contributed by atoms with Crippen molar-refractivity contribution in [1.29, 1.82) is 0 Å². The Morgan fingerprint density at radius 3 is 3.18 bits per heavy atom. The third kappa shape index (κ3) is 1.16. The second-order valence-electron chi connectivity index (χ2n) is 3.38. The van der Waals surface area contributed by atoms with Crippen molar-refractivity contribution in [1.82, 2.24) is 0 Å². The maximum atomic E-state index is 3.48. The topological polar surface area (TPSA) is 12.0 Å². The Morgan fingerprint density at radius 2 is 2.36 bits per heavy atom. The summed E-state index contributed by atoms with van der Waals surface area (Å²) >= 11 is 1.87. The van der Waals surface area contributed by atoms with Crippen LogP contribution in [0.2, 0.25) is 0 Å². The van der Waals surface area contributed by atoms with E-state index in [1.807, 2.05) is 11.3 Å². The number of fused-ring (bicyclic) bond motifs is 1. The van der Waals surface area contributed by atoms with Crippen molar-refractivity contribution < 1.29 is 0 Å². The van der Waals surface area contributed by atoms with E-state index in [4.69, 9.17) is 0 Å². The van der Waals surface area contributed by atoms with Gasteiger partial charge in [0.15, 0.2) is 0 Å². The fourth-order valence-corrected chi connectivity index (χ4v) is 2.72. The molecule has 1 aliphatic rings. The van der Waals surface area contributed by atoms with Gasteiger partial charge in [-0.05, 0) is 30.7 Å². The van der Waals surface area contributed by atoms with Crippen molar-refractivity contribution in [2.75, 3.05) is 5.32 Å². The van der Waals surface area contributed by atoms with Crippen molar-refractivity contribution in [3.63, 3.8) is 0 Å². The lowest BCUT2D eigenvalue weighted by molar-refractivity contribution is 0.599. The number of hydrogen-bond acceptors (Lipinski definition) is 2. The quantitative estimate of drug-likeness (QED) is 0.626. The third-order valence-corrected chi connectivity index (χ3v) is 3.40. The molecular weight excluding hydrogens is 154 g/mol. The summed E-state index contributed by atoms with van der Waals surface area (Å²) < 4.78 is 0. The molecule has 0 fully saturated rings. The van der Waals surface area contributed by atoms with Gasteiger partial charge in [-0.15, -0.1) is 11.3 Å². The van der Waals surface area contributed by atoms with Gasteiger partial charge in [-0.2, -0.15) is 0 Å². The summed E-state index contributed by atoms with van der Waals surface area (Å²) in [5.74, 6) is 0.751. The van der Waals surface area contributed by atoms with Gasteiger partial charge in [-0.25, -0.2) is 0 Å². The first-order chi connectivity index (χ1) is 5.27. The summed E-state index contributed by atoms with van der Waals surface area (Å²) in [5.41, 5.74) is 1.36. The first kappa shape index (κ1) is 7.17. The minimum atomic E-state index is 0.645. The molecule has 2 rings (SSSR count). The second-order valence-corrected chi connectivity index (χ2v) is 4.33. The minimum absolute atomic E-state index is 0.645. The molecule has 1 nitrogen and oxygen atoms in total. The Bertz CT molecular complexity index is 254. The van der Waals surface area contributed by atoms with Crippen LogP contribution in [0, 0.1) is 0 Å². The highest BCUT2D eigenvalue weighted by Gasteiger charge is 2.21. The first-order valence-electron chi connectivity index (χ1n) is 4.11. The normalized spacial score (nSPS) is 29.3. The minimum Gasteiger partial charge on any atom is -0.382 e. The van der Waals surface area contributed by atoms with Crippen LogP contribution in [0.25, 0.3) is 0 Å². The van der Waals surface area contributed by atoms with E-state index >= 15 is 0 Å². The average molecular weight is 167 g/mol. The number of rotatable bonds is 0. The predicted molar refractivity (Wildman–Crippen MR) is 50.4 cm³/mol. The molecule has 0 saturated heterocycles. The van der Waals surface area contributed by atoms with Gasteiger partial charge in [0, 0.05) is 16.6 Å². The van der Waals surface area contributed by atoms with Crippen molar-refractivity contribution in [3.8, 4) is 0 Å². The lowest BCUT2D eigenvalue weighted by Gasteiger charge is -2.26. The van der Waals surface area contributed by atoms with Crippen LogP contribution in [0.5, 0.6) is 0 Å². The van der Waals surface area contributed by atoms with Gasteiger partial charge >= 0.3 is 0 Å². The molecular formula is C9H13NS. The van der Waals surface area contributed by atoms with E-state index in [-0.39, 0.29) is 0 Å². The molecule has 0 saturated carbocycles. The standard InChI is InChI=1S/C9H13NS/c1-6-5-7(2)10-8-3-4-11-9(6)8/h3-4,6-7,10H,5H2,1-2H3. The Hall–Kier alpha value is -0.500. The Morgan fingerprint density at radius 1 is 1.55 bits per heavy atom. The molecule has 1 aromatic heterocycles. The van der Waals surface area contributed by atoms with Crippen LogP contribution in [-0.4, -0.2) is 6.04 Å². The molecule has 0 bridgehead atoms. The van der Waals surface area contributed by atoms with Crippen LogP contribution in [-0.2, 0) is 0 Å². The molecule has 2 atom stereocenters. The Kier molecular flexibility index (Phi) is 1.64. The van der Waals surface area contributed by atoms with Gasteiger partial charge in [-0.3, -0.25) is 0 Å². The molecule has 0 aromatic carbocycles. The van der Waals surface area contributed by atoms with Gasteiger partial charge in [0.05, 0.1) is 0 Å². The van der Waals surface area contributed by atoms with E-state index in [1.165, 1.54) is 17.0 Å². The van der Waals surface area contributed by atoms with E-state index in [0.29, 0.717) is 6.04 Å². The van der Waals surface area contributed by atoms with Crippen molar-refractivity contribution >= 4 is 17.0 Å². The molecule has 2 heteroatoms.